The van der Waals surface area contributed by atoms with Crippen LogP contribution in [-0.4, -0.2) is 6.43 Å². The third-order valence-corrected chi connectivity index (χ3v) is 0.349. The van der Waals surface area contributed by atoms with E-state index >= 15 is 0 Å². The molecule has 0 rings (SSSR count). The van der Waals surface area contributed by atoms with Crippen LogP contribution in [0.2, 0.25) is 0 Å². The van der Waals surface area contributed by atoms with Crippen molar-refractivity contribution in [3.63, 3.8) is 0 Å². The fraction of sp³-hybridized carbons (Fsp3) is 0.500. The predicted molar refractivity (Wildman–Crippen MR) is 19.5 cm³/mol. The summed E-state index contributed by atoms with van der Waals surface area (Å²) in [6.07, 6.45) is -3.61. The molecule has 0 heterocycles. The van der Waals surface area contributed by atoms with Gasteiger partial charge in [0, 0.05) is 22.9 Å². The average molecular weight is 168 g/mol. The van der Waals surface area contributed by atoms with E-state index in [2.05, 4.69) is 6.58 Å². The van der Waals surface area contributed by atoms with Crippen LogP contribution >= 0.6 is 0 Å². The van der Waals surface area contributed by atoms with Gasteiger partial charge in [-0.15, -0.1) is 0 Å². The van der Waals surface area contributed by atoms with Crippen LogP contribution in [-0.2, 0) is 16.5 Å². The molecule has 0 saturated carbocycles. The molecule has 0 aromatic carbocycles. The molecule has 0 aliphatic rings. The SMILES string of the molecule is [CH-]=C(F)CC(F)F.[Ni]. The Kier molecular flexibility index (Phi) is 7.04. The Morgan fingerprint density at radius 1 is 1.50 bits per heavy atom. The van der Waals surface area contributed by atoms with E-state index in [1.54, 1.807) is 0 Å². The summed E-state index contributed by atoms with van der Waals surface area (Å²) in [6, 6.07) is 0. The van der Waals surface area contributed by atoms with Crippen LogP contribution in [0.15, 0.2) is 5.83 Å². The van der Waals surface area contributed by atoms with Gasteiger partial charge >= 0.3 is 0 Å². The summed E-state index contributed by atoms with van der Waals surface area (Å²) in [7, 11) is 0. The molecule has 0 N–H and O–H groups in total. The molecular weight excluding hydrogens is 164 g/mol. The van der Waals surface area contributed by atoms with Gasteiger partial charge in [0.1, 0.15) is 0 Å². The first-order valence-electron chi connectivity index (χ1n) is 1.68. The van der Waals surface area contributed by atoms with Gasteiger partial charge < -0.3 is 6.58 Å². The summed E-state index contributed by atoms with van der Waals surface area (Å²) in [5, 5.41) is 0. The summed E-state index contributed by atoms with van der Waals surface area (Å²) in [6.45, 7) is 4.26. The summed E-state index contributed by atoms with van der Waals surface area (Å²) in [4.78, 5) is 0. The van der Waals surface area contributed by atoms with Crippen LogP contribution < -0.4 is 0 Å². The molecule has 8 heavy (non-hydrogen) atoms. The Labute approximate surface area is 55.7 Å². The van der Waals surface area contributed by atoms with Crippen molar-refractivity contribution in [2.45, 2.75) is 12.8 Å². The summed E-state index contributed by atoms with van der Waals surface area (Å²) < 4.78 is 33.1. The number of rotatable bonds is 2. The minimum Gasteiger partial charge on any atom is -0.480 e. The van der Waals surface area contributed by atoms with E-state index in [-0.39, 0.29) is 16.5 Å². The van der Waals surface area contributed by atoms with Crippen molar-refractivity contribution in [2.24, 2.45) is 0 Å². The number of hydrogen-bond donors (Lipinski definition) is 0. The van der Waals surface area contributed by atoms with E-state index in [9.17, 15) is 13.2 Å². The summed E-state index contributed by atoms with van der Waals surface area (Å²) in [5.74, 6) is -1.21. The molecule has 0 unspecified atom stereocenters. The van der Waals surface area contributed by atoms with E-state index < -0.39 is 18.7 Å². The van der Waals surface area contributed by atoms with E-state index in [0.29, 0.717) is 0 Å². The van der Waals surface area contributed by atoms with Crippen molar-refractivity contribution in [1.29, 1.82) is 0 Å². The first-order valence-corrected chi connectivity index (χ1v) is 1.68. The van der Waals surface area contributed by atoms with Crippen molar-refractivity contribution in [3.05, 3.63) is 12.4 Å². The molecule has 0 amide bonds. The Balaban J connectivity index is 0. The van der Waals surface area contributed by atoms with Crippen molar-refractivity contribution < 1.29 is 29.7 Å². The van der Waals surface area contributed by atoms with Gasteiger partial charge in [-0.05, 0) is 0 Å². The van der Waals surface area contributed by atoms with Gasteiger partial charge in [-0.25, -0.2) is 8.78 Å². The van der Waals surface area contributed by atoms with Gasteiger partial charge in [0.15, 0.2) is 0 Å². The van der Waals surface area contributed by atoms with Crippen LogP contribution in [0.4, 0.5) is 13.2 Å². The summed E-state index contributed by atoms with van der Waals surface area (Å²) >= 11 is 0. The zero-order chi connectivity index (χ0) is 5.86. The second-order valence-corrected chi connectivity index (χ2v) is 1.04. The van der Waals surface area contributed by atoms with E-state index in [4.69, 9.17) is 0 Å². The topological polar surface area (TPSA) is 0 Å². The van der Waals surface area contributed by atoms with E-state index in [1.165, 1.54) is 0 Å². The second kappa shape index (κ2) is 5.17. The molecule has 0 aromatic rings. The van der Waals surface area contributed by atoms with Crippen LogP contribution in [0.25, 0.3) is 0 Å². The molecule has 0 atom stereocenters. The molecule has 0 fully saturated rings. The third-order valence-electron chi connectivity index (χ3n) is 0.349. The maximum Gasteiger partial charge on any atom is 0.241 e. The van der Waals surface area contributed by atoms with Crippen LogP contribution in [0.3, 0.4) is 0 Å². The molecule has 0 nitrogen and oxygen atoms in total. The van der Waals surface area contributed by atoms with Crippen molar-refractivity contribution in [3.8, 4) is 0 Å². The zero-order valence-electron chi connectivity index (χ0n) is 3.81. The fourth-order valence-electron chi connectivity index (χ4n) is 0.147. The van der Waals surface area contributed by atoms with Crippen molar-refractivity contribution in [2.75, 3.05) is 0 Å². The average Bonchev–Trinajstić information content (AvgIpc) is 1.27. The Bertz CT molecular complexity index is 71.7. The Hall–Kier alpha value is 0.0235. The Morgan fingerprint density at radius 3 is 1.88 bits per heavy atom. The molecule has 0 spiro atoms. The van der Waals surface area contributed by atoms with Crippen LogP contribution in [0, 0.1) is 6.58 Å². The largest absolute Gasteiger partial charge is 0.480 e. The number of allylic oxidation sites excluding steroid dienone is 1. The molecule has 0 aliphatic carbocycles. The first-order chi connectivity index (χ1) is 3.13. The molecule has 0 bridgehead atoms. The molecular formula is C4H4F3Ni-. The molecule has 4 heteroatoms. The van der Waals surface area contributed by atoms with Crippen LogP contribution in [0.5, 0.6) is 0 Å². The monoisotopic (exact) mass is 167 g/mol. The molecule has 52 valence electrons. The van der Waals surface area contributed by atoms with E-state index in [0.717, 1.165) is 0 Å². The van der Waals surface area contributed by atoms with Gasteiger partial charge in [0.25, 0.3) is 0 Å². The van der Waals surface area contributed by atoms with Gasteiger partial charge in [0.05, 0.1) is 0 Å². The standard InChI is InChI=1S/C4H4F3.Ni/c1-3(5)2-4(6)7;/h1,4H,2H2;/q-1;. The first kappa shape index (κ1) is 10.9. The maximum atomic E-state index is 11.2. The number of alkyl halides is 2. The molecule has 0 saturated heterocycles. The fourth-order valence-corrected chi connectivity index (χ4v) is 0.147. The maximum absolute atomic E-state index is 11.2. The molecule has 0 radical (unpaired) electrons. The van der Waals surface area contributed by atoms with Gasteiger partial charge in [-0.2, -0.15) is 0 Å². The normalized spacial score (nSPS) is 8.50. The number of hydrogen-bond acceptors (Lipinski definition) is 0. The number of halogens is 3. The zero-order valence-corrected chi connectivity index (χ0v) is 4.80. The smallest absolute Gasteiger partial charge is 0.241 e. The minimum absolute atomic E-state index is 0. The summed E-state index contributed by atoms with van der Waals surface area (Å²) in [5.41, 5.74) is 0. The predicted octanol–water partition coefficient (Wildman–Crippen LogP) is 1.93. The van der Waals surface area contributed by atoms with Crippen molar-refractivity contribution in [1.82, 2.24) is 0 Å². The quantitative estimate of drug-likeness (QED) is 0.436. The van der Waals surface area contributed by atoms with Crippen molar-refractivity contribution >= 4 is 0 Å². The molecule has 0 aromatic heterocycles. The second-order valence-electron chi connectivity index (χ2n) is 1.04. The third kappa shape index (κ3) is 9.39. The Morgan fingerprint density at radius 2 is 1.88 bits per heavy atom. The van der Waals surface area contributed by atoms with Gasteiger partial charge in [0.2, 0.25) is 6.43 Å². The van der Waals surface area contributed by atoms with Gasteiger partial charge in [-0.3, -0.25) is 4.39 Å². The minimum atomic E-state index is -2.66. The molecule has 0 aliphatic heterocycles. The van der Waals surface area contributed by atoms with E-state index in [1.807, 2.05) is 0 Å². The van der Waals surface area contributed by atoms with Crippen LogP contribution in [0.1, 0.15) is 6.42 Å². The van der Waals surface area contributed by atoms with Gasteiger partial charge in [-0.1, -0.05) is 5.83 Å².